The van der Waals surface area contributed by atoms with Crippen molar-refractivity contribution in [2.24, 2.45) is 0 Å². The van der Waals surface area contributed by atoms with Crippen LogP contribution in [0.2, 0.25) is 0 Å². The van der Waals surface area contributed by atoms with Gasteiger partial charge >= 0.3 is 5.91 Å². The van der Waals surface area contributed by atoms with Crippen molar-refractivity contribution < 1.29 is 17.6 Å². The minimum Gasteiger partial charge on any atom is -0.451 e. The highest BCUT2D eigenvalue weighted by Crippen LogP contribution is 2.28. The summed E-state index contributed by atoms with van der Waals surface area (Å²) in [6.07, 6.45) is 0.985. The van der Waals surface area contributed by atoms with Gasteiger partial charge in [-0.25, -0.2) is 13.1 Å². The smallest absolute Gasteiger partial charge is 0.300 e. The third-order valence-electron chi connectivity index (χ3n) is 5.44. The fourth-order valence-electron chi connectivity index (χ4n) is 3.49. The number of rotatable bonds is 6. The Kier molecular flexibility index (Phi) is 5.65. The van der Waals surface area contributed by atoms with Crippen LogP contribution in [-0.4, -0.2) is 14.3 Å². The first kappa shape index (κ1) is 20.9. The van der Waals surface area contributed by atoms with E-state index >= 15 is 0 Å². The molecule has 0 aliphatic carbocycles. The van der Waals surface area contributed by atoms with Crippen molar-refractivity contribution in [2.45, 2.75) is 31.1 Å². The average Bonchev–Trinajstić information content (AvgIpc) is 3.22. The Labute approximate surface area is 181 Å². The molecule has 5 nitrogen and oxygen atoms in total. The summed E-state index contributed by atoms with van der Waals surface area (Å²) in [5.41, 5.74) is 2.94. The van der Waals surface area contributed by atoms with Crippen LogP contribution in [0.5, 0.6) is 0 Å². The number of carbonyl (C=O) groups is 1. The molecule has 4 aromatic rings. The zero-order valence-corrected chi connectivity index (χ0v) is 18.1. The molecule has 4 rings (SSSR count). The maximum absolute atomic E-state index is 13.0. The highest BCUT2D eigenvalue weighted by molar-refractivity contribution is 7.90. The molecule has 6 heteroatoms. The third kappa shape index (κ3) is 4.25. The SMILES string of the molecule is CCC(C)c1ccc2cc(C(=O)NS(=O)(=O)c3ccccc3-c3ccccc3)oc2c1. The van der Waals surface area contributed by atoms with E-state index in [4.69, 9.17) is 4.42 Å². The molecule has 0 saturated carbocycles. The van der Waals surface area contributed by atoms with E-state index < -0.39 is 15.9 Å². The van der Waals surface area contributed by atoms with Crippen LogP contribution in [0.15, 0.2) is 88.2 Å². The Morgan fingerprint density at radius 1 is 0.968 bits per heavy atom. The lowest BCUT2D eigenvalue weighted by molar-refractivity contribution is 0.0956. The Hall–Kier alpha value is -3.38. The topological polar surface area (TPSA) is 76.4 Å². The van der Waals surface area contributed by atoms with Crippen molar-refractivity contribution in [1.82, 2.24) is 4.72 Å². The van der Waals surface area contributed by atoms with E-state index in [1.54, 1.807) is 24.3 Å². The van der Waals surface area contributed by atoms with Crippen molar-refractivity contribution in [3.63, 3.8) is 0 Å². The largest absolute Gasteiger partial charge is 0.451 e. The van der Waals surface area contributed by atoms with Gasteiger partial charge in [-0.2, -0.15) is 0 Å². The Morgan fingerprint density at radius 3 is 2.42 bits per heavy atom. The van der Waals surface area contributed by atoms with Crippen LogP contribution >= 0.6 is 0 Å². The quantitative estimate of drug-likeness (QED) is 0.421. The van der Waals surface area contributed by atoms with Crippen molar-refractivity contribution in [1.29, 1.82) is 0 Å². The predicted molar refractivity (Wildman–Crippen MR) is 121 cm³/mol. The lowest BCUT2D eigenvalue weighted by Gasteiger charge is -2.11. The lowest BCUT2D eigenvalue weighted by atomic mass is 9.98. The summed E-state index contributed by atoms with van der Waals surface area (Å²) in [7, 11) is -4.11. The van der Waals surface area contributed by atoms with Gasteiger partial charge in [0.1, 0.15) is 5.58 Å². The number of hydrogen-bond donors (Lipinski definition) is 1. The average molecular weight is 434 g/mol. The minimum absolute atomic E-state index is 0.0321. The molecule has 0 aliphatic rings. The van der Waals surface area contributed by atoms with Crippen LogP contribution in [0.1, 0.15) is 42.3 Å². The second kappa shape index (κ2) is 8.40. The third-order valence-corrected chi connectivity index (χ3v) is 6.83. The highest BCUT2D eigenvalue weighted by atomic mass is 32.2. The summed E-state index contributed by atoms with van der Waals surface area (Å²) < 4.78 is 33.9. The van der Waals surface area contributed by atoms with Gasteiger partial charge in [-0.15, -0.1) is 0 Å². The standard InChI is InChI=1S/C25H23NO4S/c1-3-17(2)19-13-14-20-16-23(30-22(20)15-19)25(27)26-31(28,29)24-12-8-7-11-21(24)18-9-5-4-6-10-18/h4-17H,3H2,1-2H3,(H,26,27). The van der Waals surface area contributed by atoms with Crippen LogP contribution in [0.25, 0.3) is 22.1 Å². The number of carbonyl (C=O) groups excluding carboxylic acids is 1. The zero-order valence-electron chi connectivity index (χ0n) is 17.3. The summed E-state index contributed by atoms with van der Waals surface area (Å²) in [5.74, 6) is -0.483. The first-order valence-electron chi connectivity index (χ1n) is 10.1. The fraction of sp³-hybridized carbons (Fsp3) is 0.160. The maximum atomic E-state index is 13.0. The second-order valence-electron chi connectivity index (χ2n) is 7.51. The van der Waals surface area contributed by atoms with Gasteiger partial charge in [-0.05, 0) is 41.7 Å². The van der Waals surface area contributed by atoms with Gasteiger partial charge in [0.15, 0.2) is 5.76 Å². The molecule has 1 amide bonds. The molecule has 1 N–H and O–H groups in total. The predicted octanol–water partition coefficient (Wildman–Crippen LogP) is 5.73. The molecule has 158 valence electrons. The van der Waals surface area contributed by atoms with E-state index in [1.807, 2.05) is 48.5 Å². The molecule has 0 bridgehead atoms. The molecule has 1 heterocycles. The first-order chi connectivity index (χ1) is 14.9. The van der Waals surface area contributed by atoms with E-state index in [0.717, 1.165) is 22.9 Å². The van der Waals surface area contributed by atoms with Gasteiger partial charge in [0.25, 0.3) is 10.0 Å². The molecule has 1 aromatic heterocycles. The molecule has 1 atom stereocenters. The van der Waals surface area contributed by atoms with Crippen LogP contribution in [0.4, 0.5) is 0 Å². The molecular weight excluding hydrogens is 410 g/mol. The molecule has 3 aromatic carbocycles. The fourth-order valence-corrected chi connectivity index (χ4v) is 4.67. The van der Waals surface area contributed by atoms with Gasteiger partial charge in [0, 0.05) is 10.9 Å². The van der Waals surface area contributed by atoms with E-state index in [2.05, 4.69) is 18.6 Å². The van der Waals surface area contributed by atoms with E-state index in [-0.39, 0.29) is 10.7 Å². The molecule has 0 spiro atoms. The summed E-state index contributed by atoms with van der Waals surface area (Å²) in [5, 5.41) is 0.749. The number of fused-ring (bicyclic) bond motifs is 1. The monoisotopic (exact) mass is 433 g/mol. The molecule has 0 fully saturated rings. The molecule has 1 unspecified atom stereocenters. The van der Waals surface area contributed by atoms with Crippen molar-refractivity contribution >= 4 is 26.9 Å². The first-order valence-corrected chi connectivity index (χ1v) is 11.6. The van der Waals surface area contributed by atoms with Crippen molar-refractivity contribution in [3.05, 3.63) is 90.2 Å². The van der Waals surface area contributed by atoms with Gasteiger partial charge < -0.3 is 4.42 Å². The maximum Gasteiger partial charge on any atom is 0.300 e. The Bertz CT molecular complexity index is 1340. The van der Waals surface area contributed by atoms with Crippen molar-refractivity contribution in [2.75, 3.05) is 0 Å². The van der Waals surface area contributed by atoms with E-state index in [1.165, 1.54) is 6.07 Å². The van der Waals surface area contributed by atoms with Gasteiger partial charge in [-0.3, -0.25) is 4.79 Å². The van der Waals surface area contributed by atoms with Gasteiger partial charge in [0.2, 0.25) is 0 Å². The second-order valence-corrected chi connectivity index (χ2v) is 9.16. The Balaban J connectivity index is 1.64. The number of sulfonamides is 1. The zero-order chi connectivity index (χ0) is 22.0. The number of amides is 1. The van der Waals surface area contributed by atoms with Crippen molar-refractivity contribution in [3.8, 4) is 11.1 Å². The van der Waals surface area contributed by atoms with Crippen LogP contribution < -0.4 is 4.72 Å². The molecular formula is C25H23NO4S. The summed E-state index contributed by atoms with van der Waals surface area (Å²) in [6, 6.07) is 23.1. The normalized spacial score (nSPS) is 12.6. The van der Waals surface area contributed by atoms with Gasteiger partial charge in [-0.1, -0.05) is 74.5 Å². The molecule has 31 heavy (non-hydrogen) atoms. The van der Waals surface area contributed by atoms with Crippen LogP contribution in [0, 0.1) is 0 Å². The van der Waals surface area contributed by atoms with Gasteiger partial charge in [0.05, 0.1) is 4.90 Å². The number of nitrogens with one attached hydrogen (secondary N) is 1. The summed E-state index contributed by atoms with van der Waals surface area (Å²) in [6.45, 7) is 4.22. The molecule has 0 aliphatic heterocycles. The minimum atomic E-state index is -4.11. The summed E-state index contributed by atoms with van der Waals surface area (Å²) in [4.78, 5) is 12.8. The highest BCUT2D eigenvalue weighted by Gasteiger charge is 2.24. The molecule has 0 radical (unpaired) electrons. The Morgan fingerprint density at radius 2 is 1.68 bits per heavy atom. The van der Waals surface area contributed by atoms with E-state index in [9.17, 15) is 13.2 Å². The molecule has 0 saturated heterocycles. The summed E-state index contributed by atoms with van der Waals surface area (Å²) >= 11 is 0. The number of benzene rings is 3. The van der Waals surface area contributed by atoms with Crippen LogP contribution in [-0.2, 0) is 10.0 Å². The van der Waals surface area contributed by atoms with Crippen LogP contribution in [0.3, 0.4) is 0 Å². The number of furan rings is 1. The lowest BCUT2D eigenvalue weighted by Crippen LogP contribution is -2.30. The number of hydrogen-bond acceptors (Lipinski definition) is 4. The van der Waals surface area contributed by atoms with E-state index in [0.29, 0.717) is 17.1 Å².